The summed E-state index contributed by atoms with van der Waals surface area (Å²) < 4.78 is 1.09. The Hall–Kier alpha value is -1.91. The Morgan fingerprint density at radius 2 is 2.00 bits per heavy atom. The van der Waals surface area contributed by atoms with Gasteiger partial charge in [0.1, 0.15) is 0 Å². The van der Waals surface area contributed by atoms with E-state index in [9.17, 15) is 0 Å². The maximum Gasteiger partial charge on any atom is 0.0768 e. The maximum absolute atomic E-state index is 4.99. The summed E-state index contributed by atoms with van der Waals surface area (Å²) in [5.74, 6) is 0. The van der Waals surface area contributed by atoms with Crippen LogP contribution in [0.1, 0.15) is 17.5 Å². The Labute approximate surface area is 157 Å². The van der Waals surface area contributed by atoms with E-state index in [-0.39, 0.29) is 0 Å². The number of rotatable bonds is 5. The van der Waals surface area contributed by atoms with Crippen molar-refractivity contribution < 1.29 is 0 Å². The van der Waals surface area contributed by atoms with Crippen molar-refractivity contribution in [2.24, 2.45) is 0 Å². The molecule has 4 rings (SSSR count). The second-order valence-corrected chi connectivity index (χ2v) is 7.81. The zero-order valence-corrected chi connectivity index (χ0v) is 16.2. The van der Waals surface area contributed by atoms with Crippen LogP contribution in [0.5, 0.6) is 0 Å². The molecule has 1 aliphatic carbocycles. The van der Waals surface area contributed by atoms with Crippen LogP contribution >= 0.6 is 15.9 Å². The molecule has 3 aromatic rings. The number of halogens is 1. The van der Waals surface area contributed by atoms with Crippen LogP contribution in [-0.2, 0) is 6.42 Å². The highest BCUT2D eigenvalue weighted by molar-refractivity contribution is 9.10. The molecule has 0 aliphatic heterocycles. The van der Waals surface area contributed by atoms with E-state index in [0.29, 0.717) is 0 Å². The second kappa shape index (κ2) is 6.77. The van der Waals surface area contributed by atoms with E-state index < -0.39 is 0 Å². The van der Waals surface area contributed by atoms with Crippen molar-refractivity contribution in [3.63, 3.8) is 0 Å². The number of pyridine rings is 1. The molecule has 0 radical (unpaired) electrons. The first-order valence-electron chi connectivity index (χ1n) is 8.72. The van der Waals surface area contributed by atoms with Gasteiger partial charge in [-0.3, -0.25) is 0 Å². The summed E-state index contributed by atoms with van der Waals surface area (Å²) in [5, 5.41) is 4.92. The molecule has 1 N–H and O–H groups in total. The zero-order valence-electron chi connectivity index (χ0n) is 14.6. The minimum Gasteiger partial charge on any atom is -0.384 e. The highest BCUT2D eigenvalue weighted by Crippen LogP contribution is 2.42. The SMILES string of the molecule is CN(C)CCCNc1c2c(nc3ccc(Br)cc13)-c1ccccc1C2. The third-order valence-corrected chi connectivity index (χ3v) is 5.26. The third-order valence-electron chi connectivity index (χ3n) is 4.77. The number of nitrogens with one attached hydrogen (secondary N) is 1. The van der Waals surface area contributed by atoms with Crippen LogP contribution in [0.3, 0.4) is 0 Å². The Morgan fingerprint density at radius 1 is 1.16 bits per heavy atom. The molecule has 0 amide bonds. The van der Waals surface area contributed by atoms with Gasteiger partial charge in [-0.25, -0.2) is 4.98 Å². The first kappa shape index (κ1) is 16.6. The van der Waals surface area contributed by atoms with E-state index >= 15 is 0 Å². The molecular formula is C21H22BrN3. The lowest BCUT2D eigenvalue weighted by atomic mass is 10.1. The highest BCUT2D eigenvalue weighted by Gasteiger charge is 2.24. The first-order chi connectivity index (χ1) is 12.1. The minimum atomic E-state index is 0.955. The molecule has 25 heavy (non-hydrogen) atoms. The summed E-state index contributed by atoms with van der Waals surface area (Å²) in [5.41, 5.74) is 7.41. The molecule has 0 bridgehead atoms. The summed E-state index contributed by atoms with van der Waals surface area (Å²) >= 11 is 3.61. The number of hydrogen-bond acceptors (Lipinski definition) is 3. The Balaban J connectivity index is 1.79. The van der Waals surface area contributed by atoms with Gasteiger partial charge >= 0.3 is 0 Å². The fraction of sp³-hybridized carbons (Fsp3) is 0.286. The van der Waals surface area contributed by atoms with E-state index in [1.165, 1.54) is 27.8 Å². The topological polar surface area (TPSA) is 28.2 Å². The third kappa shape index (κ3) is 3.16. The smallest absolute Gasteiger partial charge is 0.0768 e. The average Bonchev–Trinajstić information content (AvgIpc) is 2.96. The van der Waals surface area contributed by atoms with E-state index in [4.69, 9.17) is 4.98 Å². The summed E-state index contributed by atoms with van der Waals surface area (Å²) in [6, 6.07) is 15.0. The van der Waals surface area contributed by atoms with Gasteiger partial charge in [-0.05, 0) is 50.8 Å². The van der Waals surface area contributed by atoms with Gasteiger partial charge in [-0.2, -0.15) is 0 Å². The Bertz CT molecular complexity index is 934. The van der Waals surface area contributed by atoms with Crippen molar-refractivity contribution in [1.29, 1.82) is 0 Å². The normalized spacial score (nSPS) is 12.5. The first-order valence-corrected chi connectivity index (χ1v) is 9.52. The van der Waals surface area contributed by atoms with Crippen molar-refractivity contribution in [2.45, 2.75) is 12.8 Å². The number of hydrogen-bond donors (Lipinski definition) is 1. The van der Waals surface area contributed by atoms with Gasteiger partial charge < -0.3 is 10.2 Å². The van der Waals surface area contributed by atoms with E-state index in [2.05, 4.69) is 82.7 Å². The van der Waals surface area contributed by atoms with E-state index in [1.54, 1.807) is 0 Å². The summed E-state index contributed by atoms with van der Waals surface area (Å²) in [6.07, 6.45) is 2.07. The minimum absolute atomic E-state index is 0.955. The van der Waals surface area contributed by atoms with Gasteiger partial charge in [-0.15, -0.1) is 0 Å². The monoisotopic (exact) mass is 395 g/mol. The molecule has 1 aliphatic rings. The van der Waals surface area contributed by atoms with Crippen LogP contribution in [0.15, 0.2) is 46.9 Å². The number of aromatic nitrogens is 1. The molecule has 0 saturated heterocycles. The van der Waals surface area contributed by atoms with Crippen molar-refractivity contribution >= 4 is 32.5 Å². The molecule has 3 nitrogen and oxygen atoms in total. The maximum atomic E-state index is 4.99. The van der Waals surface area contributed by atoms with Crippen LogP contribution in [0.4, 0.5) is 5.69 Å². The molecule has 0 saturated carbocycles. The largest absolute Gasteiger partial charge is 0.384 e. The predicted molar refractivity (Wildman–Crippen MR) is 109 cm³/mol. The van der Waals surface area contributed by atoms with Crippen molar-refractivity contribution in [1.82, 2.24) is 9.88 Å². The average molecular weight is 396 g/mol. The second-order valence-electron chi connectivity index (χ2n) is 6.89. The van der Waals surface area contributed by atoms with Crippen LogP contribution < -0.4 is 5.32 Å². The molecule has 128 valence electrons. The lowest BCUT2D eigenvalue weighted by Crippen LogP contribution is -2.17. The van der Waals surface area contributed by atoms with Gasteiger partial charge in [-0.1, -0.05) is 40.2 Å². The van der Waals surface area contributed by atoms with Crippen molar-refractivity contribution in [3.05, 3.63) is 58.1 Å². The molecular weight excluding hydrogens is 374 g/mol. The Morgan fingerprint density at radius 3 is 2.84 bits per heavy atom. The number of nitrogens with zero attached hydrogens (tertiary/aromatic N) is 2. The lowest BCUT2D eigenvalue weighted by molar-refractivity contribution is 0.405. The van der Waals surface area contributed by atoms with Crippen LogP contribution in [0.2, 0.25) is 0 Å². The van der Waals surface area contributed by atoms with Gasteiger partial charge in [0.15, 0.2) is 0 Å². The molecule has 1 heterocycles. The quantitative estimate of drug-likeness (QED) is 0.485. The Kier molecular flexibility index (Phi) is 4.48. The van der Waals surface area contributed by atoms with Crippen LogP contribution in [0.25, 0.3) is 22.2 Å². The fourth-order valence-corrected chi connectivity index (χ4v) is 3.94. The molecule has 0 fully saturated rings. The number of benzene rings is 2. The van der Waals surface area contributed by atoms with Gasteiger partial charge in [0.05, 0.1) is 11.2 Å². The molecule has 1 aromatic heterocycles. The summed E-state index contributed by atoms with van der Waals surface area (Å²) in [7, 11) is 4.24. The summed E-state index contributed by atoms with van der Waals surface area (Å²) in [4.78, 5) is 7.21. The summed E-state index contributed by atoms with van der Waals surface area (Å²) in [6.45, 7) is 2.05. The van der Waals surface area contributed by atoms with Crippen molar-refractivity contribution in [2.75, 3.05) is 32.5 Å². The molecule has 2 aromatic carbocycles. The van der Waals surface area contributed by atoms with Crippen molar-refractivity contribution in [3.8, 4) is 11.3 Å². The zero-order chi connectivity index (χ0) is 17.4. The standard InChI is InChI=1S/C21H22BrN3/c1-25(2)11-5-10-23-20-17-13-15(22)8-9-19(17)24-21-16-7-4-3-6-14(16)12-18(20)21/h3-4,6-9,13H,5,10-12H2,1-2H3,(H,23,24). The van der Waals surface area contributed by atoms with Crippen LogP contribution in [-0.4, -0.2) is 37.1 Å². The van der Waals surface area contributed by atoms with E-state index in [1.807, 2.05) is 0 Å². The number of anilines is 1. The van der Waals surface area contributed by atoms with Gasteiger partial charge in [0.25, 0.3) is 0 Å². The molecule has 0 unspecified atom stereocenters. The lowest BCUT2D eigenvalue weighted by Gasteiger charge is -2.16. The van der Waals surface area contributed by atoms with Gasteiger partial charge in [0, 0.05) is 39.6 Å². The highest BCUT2D eigenvalue weighted by atomic mass is 79.9. The fourth-order valence-electron chi connectivity index (χ4n) is 3.58. The van der Waals surface area contributed by atoms with Crippen LogP contribution in [0, 0.1) is 0 Å². The van der Waals surface area contributed by atoms with Gasteiger partial charge in [0.2, 0.25) is 0 Å². The molecule has 4 heteroatoms. The number of fused-ring (bicyclic) bond motifs is 4. The van der Waals surface area contributed by atoms with E-state index in [0.717, 1.165) is 41.6 Å². The predicted octanol–water partition coefficient (Wildman–Crippen LogP) is 4.93. The molecule has 0 spiro atoms. The molecule has 0 atom stereocenters.